The standard InChI is InChI=1S/C15H15N5O3.C2H4O2/c21-10-7-23-12-9(6-22-13(10)12)20-5-4-17-15(20)11-8-2-1-3-16-14(8)19-18-11;1-2(3)4/h1-5,9-10,12-13,21H,6-7H2,(H,16,18,19);1H3,(H,3,4)/t9-,10+,12+,13+;/m0./s1. The number of aromatic nitrogens is 5. The zero-order chi connectivity index (χ0) is 19.0. The first kappa shape index (κ1) is 17.6. The second-order valence-electron chi connectivity index (χ2n) is 6.38. The van der Waals surface area contributed by atoms with E-state index >= 15 is 0 Å². The van der Waals surface area contributed by atoms with Gasteiger partial charge in [-0.05, 0) is 12.1 Å². The van der Waals surface area contributed by atoms with Crippen molar-refractivity contribution < 1.29 is 24.5 Å². The zero-order valence-corrected chi connectivity index (χ0v) is 14.5. The number of carboxylic acids is 1. The molecule has 0 amide bonds. The number of aliphatic hydroxyl groups is 1. The number of aliphatic hydroxyl groups excluding tert-OH is 1. The van der Waals surface area contributed by atoms with Gasteiger partial charge in [0.1, 0.15) is 24.0 Å². The molecule has 0 aliphatic carbocycles. The summed E-state index contributed by atoms with van der Waals surface area (Å²) in [5.41, 5.74) is 1.48. The molecule has 0 aromatic carbocycles. The fraction of sp³-hybridized carbons (Fsp3) is 0.412. The van der Waals surface area contributed by atoms with Crippen LogP contribution in [0.3, 0.4) is 0 Å². The summed E-state index contributed by atoms with van der Waals surface area (Å²) >= 11 is 0. The van der Waals surface area contributed by atoms with Crippen LogP contribution in [0.15, 0.2) is 30.7 Å². The van der Waals surface area contributed by atoms with Crippen LogP contribution in [-0.4, -0.2) is 72.4 Å². The lowest BCUT2D eigenvalue weighted by atomic mass is 10.1. The van der Waals surface area contributed by atoms with Gasteiger partial charge in [-0.3, -0.25) is 9.89 Å². The molecule has 142 valence electrons. The summed E-state index contributed by atoms with van der Waals surface area (Å²) in [5.74, 6) is -0.0697. The predicted molar refractivity (Wildman–Crippen MR) is 92.9 cm³/mol. The molecule has 2 aliphatic rings. The largest absolute Gasteiger partial charge is 0.481 e. The summed E-state index contributed by atoms with van der Waals surface area (Å²) < 4.78 is 13.5. The maximum atomic E-state index is 9.91. The molecule has 3 aromatic rings. The fourth-order valence-corrected chi connectivity index (χ4v) is 3.49. The molecular formula is C17H19N5O5. The SMILES string of the molecule is CC(=O)O.O[C@@H]1CO[C@H]2[C@@H]1OC[C@@H]2n1ccnc1-c1[nH]nc2ncccc12. The van der Waals surface area contributed by atoms with Crippen molar-refractivity contribution in [2.75, 3.05) is 13.2 Å². The number of nitrogens with one attached hydrogen (secondary N) is 1. The number of ether oxygens (including phenoxy) is 2. The molecule has 0 bridgehead atoms. The first-order valence-electron chi connectivity index (χ1n) is 8.49. The first-order valence-corrected chi connectivity index (χ1v) is 8.49. The Morgan fingerprint density at radius 2 is 2.04 bits per heavy atom. The number of fused-ring (bicyclic) bond motifs is 2. The summed E-state index contributed by atoms with van der Waals surface area (Å²) in [6, 6.07) is 3.81. The van der Waals surface area contributed by atoms with Crippen LogP contribution in [0, 0.1) is 0 Å². The Labute approximate surface area is 153 Å². The van der Waals surface area contributed by atoms with Crippen LogP contribution in [0.5, 0.6) is 0 Å². The third kappa shape index (κ3) is 3.18. The molecule has 2 aliphatic heterocycles. The molecule has 5 heterocycles. The van der Waals surface area contributed by atoms with Crippen molar-refractivity contribution in [3.63, 3.8) is 0 Å². The first-order chi connectivity index (χ1) is 13.1. The highest BCUT2D eigenvalue weighted by atomic mass is 16.6. The van der Waals surface area contributed by atoms with Gasteiger partial charge in [0.25, 0.3) is 5.97 Å². The zero-order valence-electron chi connectivity index (χ0n) is 14.5. The summed E-state index contributed by atoms with van der Waals surface area (Å²) in [6.07, 6.45) is 4.37. The van der Waals surface area contributed by atoms with Crippen LogP contribution in [0.4, 0.5) is 0 Å². The Morgan fingerprint density at radius 3 is 2.85 bits per heavy atom. The molecule has 2 fully saturated rings. The van der Waals surface area contributed by atoms with E-state index in [0.29, 0.717) is 18.9 Å². The van der Waals surface area contributed by atoms with Crippen LogP contribution in [0.25, 0.3) is 22.6 Å². The monoisotopic (exact) mass is 373 g/mol. The van der Waals surface area contributed by atoms with Crippen LogP contribution in [-0.2, 0) is 14.3 Å². The Bertz CT molecular complexity index is 950. The number of carbonyl (C=O) groups is 1. The van der Waals surface area contributed by atoms with Gasteiger partial charge in [0, 0.05) is 30.9 Å². The van der Waals surface area contributed by atoms with Gasteiger partial charge < -0.3 is 24.3 Å². The smallest absolute Gasteiger partial charge is 0.300 e. The minimum absolute atomic E-state index is 0.0235. The topological polar surface area (TPSA) is 135 Å². The number of imidazole rings is 1. The quantitative estimate of drug-likeness (QED) is 0.595. The van der Waals surface area contributed by atoms with Crippen molar-refractivity contribution in [3.05, 3.63) is 30.7 Å². The number of aromatic amines is 1. The number of aliphatic carboxylic acids is 1. The van der Waals surface area contributed by atoms with Gasteiger partial charge in [0.15, 0.2) is 11.5 Å². The molecule has 2 saturated heterocycles. The lowest BCUT2D eigenvalue weighted by Crippen LogP contribution is -2.30. The number of nitrogens with zero attached hydrogens (tertiary/aromatic N) is 4. The number of hydrogen-bond acceptors (Lipinski definition) is 7. The van der Waals surface area contributed by atoms with Crippen molar-refractivity contribution in [2.24, 2.45) is 0 Å². The molecular weight excluding hydrogens is 354 g/mol. The maximum Gasteiger partial charge on any atom is 0.300 e. The van der Waals surface area contributed by atoms with Crippen molar-refractivity contribution in [1.29, 1.82) is 0 Å². The summed E-state index contributed by atoms with van der Waals surface area (Å²) in [4.78, 5) is 17.7. The van der Waals surface area contributed by atoms with Gasteiger partial charge in [0.2, 0.25) is 0 Å². The maximum absolute atomic E-state index is 9.91. The molecule has 3 N–H and O–H groups in total. The van der Waals surface area contributed by atoms with Gasteiger partial charge >= 0.3 is 0 Å². The highest BCUT2D eigenvalue weighted by molar-refractivity contribution is 5.88. The predicted octanol–water partition coefficient (Wildman–Crippen LogP) is 0.612. The molecule has 10 nitrogen and oxygen atoms in total. The molecule has 27 heavy (non-hydrogen) atoms. The van der Waals surface area contributed by atoms with Crippen LogP contribution in [0.1, 0.15) is 13.0 Å². The molecule has 5 rings (SSSR count). The number of pyridine rings is 1. The van der Waals surface area contributed by atoms with Crippen LogP contribution < -0.4 is 0 Å². The van der Waals surface area contributed by atoms with E-state index in [9.17, 15) is 5.11 Å². The number of H-pyrrole nitrogens is 1. The summed E-state index contributed by atoms with van der Waals surface area (Å²) in [5, 5.41) is 25.5. The minimum Gasteiger partial charge on any atom is -0.481 e. The van der Waals surface area contributed by atoms with Gasteiger partial charge in [-0.25, -0.2) is 9.97 Å². The average Bonchev–Trinajstić information content (AvgIpc) is 3.38. The average molecular weight is 373 g/mol. The van der Waals surface area contributed by atoms with E-state index < -0.39 is 12.1 Å². The highest BCUT2D eigenvalue weighted by Gasteiger charge is 2.48. The summed E-state index contributed by atoms with van der Waals surface area (Å²) in [7, 11) is 0. The number of rotatable bonds is 2. The van der Waals surface area contributed by atoms with Gasteiger partial charge in [-0.2, -0.15) is 5.10 Å². The van der Waals surface area contributed by atoms with E-state index in [4.69, 9.17) is 19.4 Å². The Hall–Kier alpha value is -2.82. The van der Waals surface area contributed by atoms with E-state index in [1.807, 2.05) is 22.9 Å². The molecule has 4 atom stereocenters. The van der Waals surface area contributed by atoms with Crippen molar-refractivity contribution in [1.82, 2.24) is 24.7 Å². The Balaban J connectivity index is 0.000000413. The second-order valence-corrected chi connectivity index (χ2v) is 6.38. The molecule has 10 heteroatoms. The van der Waals surface area contributed by atoms with E-state index in [1.54, 1.807) is 12.4 Å². The van der Waals surface area contributed by atoms with Gasteiger partial charge in [-0.15, -0.1) is 0 Å². The van der Waals surface area contributed by atoms with E-state index in [2.05, 4.69) is 20.2 Å². The van der Waals surface area contributed by atoms with Gasteiger partial charge in [-0.1, -0.05) is 0 Å². The van der Waals surface area contributed by atoms with Gasteiger partial charge in [0.05, 0.1) is 19.3 Å². The van der Waals surface area contributed by atoms with Crippen molar-refractivity contribution >= 4 is 17.0 Å². The van der Waals surface area contributed by atoms with E-state index in [0.717, 1.165) is 23.8 Å². The van der Waals surface area contributed by atoms with E-state index in [1.165, 1.54) is 0 Å². The Kier molecular flexibility index (Phi) is 4.60. The lowest BCUT2D eigenvalue weighted by molar-refractivity contribution is -0.134. The lowest BCUT2D eigenvalue weighted by Gasteiger charge is -2.19. The Morgan fingerprint density at radius 1 is 1.26 bits per heavy atom. The van der Waals surface area contributed by atoms with Crippen molar-refractivity contribution in [2.45, 2.75) is 31.3 Å². The summed E-state index contributed by atoms with van der Waals surface area (Å²) in [6.45, 7) is 1.88. The number of hydrogen-bond donors (Lipinski definition) is 3. The third-order valence-electron chi connectivity index (χ3n) is 4.58. The molecule has 0 spiro atoms. The molecule has 0 unspecified atom stereocenters. The third-order valence-corrected chi connectivity index (χ3v) is 4.58. The second kappa shape index (κ2) is 7.06. The molecule has 0 radical (unpaired) electrons. The van der Waals surface area contributed by atoms with Crippen LogP contribution in [0.2, 0.25) is 0 Å². The fourth-order valence-electron chi connectivity index (χ4n) is 3.49. The normalized spacial score (nSPS) is 26.6. The minimum atomic E-state index is -0.833. The van der Waals surface area contributed by atoms with E-state index in [-0.39, 0.29) is 18.2 Å². The van der Waals surface area contributed by atoms with Crippen LogP contribution >= 0.6 is 0 Å². The molecule has 3 aromatic heterocycles. The van der Waals surface area contributed by atoms with Crippen molar-refractivity contribution in [3.8, 4) is 11.5 Å². The highest BCUT2D eigenvalue weighted by Crippen LogP contribution is 2.36. The number of carboxylic acid groups (broad SMARTS) is 1. The molecule has 0 saturated carbocycles.